The Morgan fingerprint density at radius 3 is 2.41 bits per heavy atom. The van der Waals surface area contributed by atoms with Crippen LogP contribution in [-0.2, 0) is 16.0 Å². The van der Waals surface area contributed by atoms with Gasteiger partial charge in [0, 0.05) is 31.9 Å². The molecule has 3 amide bonds. The maximum atomic E-state index is 12.7. The highest BCUT2D eigenvalue weighted by molar-refractivity contribution is 5.95. The summed E-state index contributed by atoms with van der Waals surface area (Å²) in [6.07, 6.45) is -0.403. The summed E-state index contributed by atoms with van der Waals surface area (Å²) in [6.45, 7) is 7.32. The number of carbonyl (C=O) groups is 3. The summed E-state index contributed by atoms with van der Waals surface area (Å²) in [5, 5.41) is 8.86. The third-order valence-corrected chi connectivity index (χ3v) is 4.61. The first-order valence-corrected chi connectivity index (χ1v) is 9.01. The van der Waals surface area contributed by atoms with Gasteiger partial charge in [0.2, 0.25) is 0 Å². The molecule has 8 heteroatoms. The Morgan fingerprint density at radius 1 is 1.15 bits per heavy atom. The van der Waals surface area contributed by atoms with Gasteiger partial charge in [0.15, 0.2) is 0 Å². The fraction of sp³-hybridized carbons (Fsp3) is 0.526. The summed E-state index contributed by atoms with van der Waals surface area (Å²) in [4.78, 5) is 40.9. The lowest BCUT2D eigenvalue weighted by molar-refractivity contribution is -0.136. The third-order valence-electron chi connectivity index (χ3n) is 4.61. The van der Waals surface area contributed by atoms with Crippen LogP contribution in [0.5, 0.6) is 0 Å². The van der Waals surface area contributed by atoms with Crippen molar-refractivity contribution in [1.82, 2.24) is 9.80 Å². The van der Waals surface area contributed by atoms with Crippen LogP contribution >= 0.6 is 0 Å². The second-order valence-electron chi connectivity index (χ2n) is 7.90. The van der Waals surface area contributed by atoms with E-state index in [1.165, 1.54) is 0 Å². The predicted octanol–water partition coefficient (Wildman–Crippen LogP) is 2.18. The lowest BCUT2D eigenvalue weighted by Crippen LogP contribution is -2.54. The number of amides is 3. The van der Waals surface area contributed by atoms with E-state index in [4.69, 9.17) is 9.84 Å². The summed E-state index contributed by atoms with van der Waals surface area (Å²) < 4.78 is 5.43. The predicted molar refractivity (Wildman–Crippen MR) is 98.8 cm³/mol. The van der Waals surface area contributed by atoms with Crippen molar-refractivity contribution in [3.05, 3.63) is 29.8 Å². The van der Waals surface area contributed by atoms with Crippen LogP contribution in [0, 0.1) is 0 Å². The number of hydrogen-bond donors (Lipinski definition) is 1. The van der Waals surface area contributed by atoms with Crippen LogP contribution in [0.15, 0.2) is 24.3 Å². The van der Waals surface area contributed by atoms with E-state index in [0.29, 0.717) is 31.7 Å². The fourth-order valence-corrected chi connectivity index (χ4v) is 3.38. The van der Waals surface area contributed by atoms with Crippen molar-refractivity contribution in [2.24, 2.45) is 0 Å². The Bertz CT molecular complexity index is 741. The minimum atomic E-state index is -0.889. The first-order chi connectivity index (χ1) is 12.6. The molecule has 1 aromatic carbocycles. The first kappa shape index (κ1) is 19.0. The molecule has 3 rings (SSSR count). The molecule has 2 fully saturated rings. The SMILES string of the molecule is CC(C)(C)OC(=O)N1CCN2C(=O)N(c3ccc(CC(=O)O)cc3)C[C@@H]2C1. The number of hydrogen-bond acceptors (Lipinski definition) is 4. The number of ether oxygens (including phenoxy) is 1. The molecule has 27 heavy (non-hydrogen) atoms. The molecule has 2 aliphatic heterocycles. The molecular formula is C19H25N3O5. The second-order valence-corrected chi connectivity index (χ2v) is 7.90. The zero-order chi connectivity index (χ0) is 19.8. The molecule has 0 saturated carbocycles. The van der Waals surface area contributed by atoms with Gasteiger partial charge in [0.1, 0.15) is 5.60 Å². The van der Waals surface area contributed by atoms with E-state index in [2.05, 4.69) is 0 Å². The molecule has 0 aromatic heterocycles. The Labute approximate surface area is 158 Å². The molecule has 0 bridgehead atoms. The highest BCUT2D eigenvalue weighted by atomic mass is 16.6. The van der Waals surface area contributed by atoms with Gasteiger partial charge in [-0.15, -0.1) is 0 Å². The van der Waals surface area contributed by atoms with E-state index in [9.17, 15) is 14.4 Å². The number of urea groups is 1. The lowest BCUT2D eigenvalue weighted by atomic mass is 10.1. The molecule has 8 nitrogen and oxygen atoms in total. The molecule has 0 radical (unpaired) electrons. The van der Waals surface area contributed by atoms with Crippen LogP contribution in [0.1, 0.15) is 26.3 Å². The van der Waals surface area contributed by atoms with Crippen molar-refractivity contribution >= 4 is 23.8 Å². The summed E-state index contributed by atoms with van der Waals surface area (Å²) in [5.74, 6) is -0.889. The monoisotopic (exact) mass is 375 g/mol. The molecule has 2 heterocycles. The van der Waals surface area contributed by atoms with Gasteiger partial charge < -0.3 is 19.6 Å². The smallest absolute Gasteiger partial charge is 0.410 e. The molecule has 0 aliphatic carbocycles. The highest BCUT2D eigenvalue weighted by Gasteiger charge is 2.42. The van der Waals surface area contributed by atoms with Gasteiger partial charge in [-0.1, -0.05) is 12.1 Å². The van der Waals surface area contributed by atoms with Crippen LogP contribution in [-0.4, -0.2) is 70.8 Å². The maximum Gasteiger partial charge on any atom is 0.410 e. The van der Waals surface area contributed by atoms with Crippen LogP contribution < -0.4 is 4.90 Å². The Hall–Kier alpha value is -2.77. The summed E-state index contributed by atoms with van der Waals surface area (Å²) in [5.41, 5.74) is 0.864. The Balaban J connectivity index is 1.66. The quantitative estimate of drug-likeness (QED) is 0.874. The summed E-state index contributed by atoms with van der Waals surface area (Å²) in [7, 11) is 0. The van der Waals surface area contributed by atoms with Crippen molar-refractivity contribution in [2.45, 2.75) is 38.8 Å². The molecule has 2 saturated heterocycles. The normalized spacial score (nSPS) is 19.9. The lowest BCUT2D eigenvalue weighted by Gasteiger charge is -2.36. The van der Waals surface area contributed by atoms with Gasteiger partial charge in [0.25, 0.3) is 0 Å². The van der Waals surface area contributed by atoms with E-state index < -0.39 is 11.6 Å². The van der Waals surface area contributed by atoms with E-state index >= 15 is 0 Å². The second kappa shape index (κ2) is 7.09. The number of anilines is 1. The first-order valence-electron chi connectivity index (χ1n) is 9.01. The number of carbonyl (C=O) groups excluding carboxylic acids is 2. The number of fused-ring (bicyclic) bond motifs is 1. The van der Waals surface area contributed by atoms with Gasteiger partial charge in [-0.25, -0.2) is 9.59 Å². The highest BCUT2D eigenvalue weighted by Crippen LogP contribution is 2.27. The number of nitrogens with zero attached hydrogens (tertiary/aromatic N) is 3. The van der Waals surface area contributed by atoms with E-state index in [1.807, 2.05) is 20.8 Å². The van der Waals surface area contributed by atoms with Crippen LogP contribution in [0.2, 0.25) is 0 Å². The zero-order valence-electron chi connectivity index (χ0n) is 15.8. The number of aliphatic carboxylic acids is 1. The number of piperazine rings is 1. The van der Waals surface area contributed by atoms with Gasteiger partial charge >= 0.3 is 18.1 Å². The molecular weight excluding hydrogens is 350 g/mol. The molecule has 2 aliphatic rings. The van der Waals surface area contributed by atoms with Crippen molar-refractivity contribution in [1.29, 1.82) is 0 Å². The summed E-state index contributed by atoms with van der Waals surface area (Å²) >= 11 is 0. The number of benzene rings is 1. The van der Waals surface area contributed by atoms with Gasteiger partial charge in [0.05, 0.1) is 12.5 Å². The van der Waals surface area contributed by atoms with Crippen molar-refractivity contribution < 1.29 is 24.2 Å². The number of carboxylic acid groups (broad SMARTS) is 1. The van der Waals surface area contributed by atoms with E-state index in [0.717, 1.165) is 5.69 Å². The average molecular weight is 375 g/mol. The van der Waals surface area contributed by atoms with Crippen LogP contribution in [0.25, 0.3) is 0 Å². The topological polar surface area (TPSA) is 90.4 Å². The molecule has 1 atom stereocenters. The van der Waals surface area contributed by atoms with Crippen molar-refractivity contribution in [3.63, 3.8) is 0 Å². The molecule has 0 unspecified atom stereocenters. The number of rotatable bonds is 3. The van der Waals surface area contributed by atoms with Crippen LogP contribution in [0.3, 0.4) is 0 Å². The van der Waals surface area contributed by atoms with Gasteiger partial charge in [-0.05, 0) is 38.5 Å². The molecule has 146 valence electrons. The Kier molecular flexibility index (Phi) is 4.99. The standard InChI is InChI=1S/C19H25N3O5/c1-19(2,3)27-18(26)20-8-9-21-15(11-20)12-22(17(21)25)14-6-4-13(5-7-14)10-16(23)24/h4-7,15H,8-12H2,1-3H3,(H,23,24)/t15-/m0/s1. The van der Waals surface area contributed by atoms with E-state index in [-0.39, 0.29) is 24.6 Å². The van der Waals surface area contributed by atoms with Crippen molar-refractivity contribution in [2.75, 3.05) is 31.1 Å². The molecule has 0 spiro atoms. The largest absolute Gasteiger partial charge is 0.481 e. The molecule has 1 aromatic rings. The van der Waals surface area contributed by atoms with Gasteiger partial charge in [-0.3, -0.25) is 9.69 Å². The van der Waals surface area contributed by atoms with E-state index in [1.54, 1.807) is 39.0 Å². The summed E-state index contributed by atoms with van der Waals surface area (Å²) in [6, 6.07) is 6.80. The molecule has 1 N–H and O–H groups in total. The zero-order valence-corrected chi connectivity index (χ0v) is 15.8. The minimum absolute atomic E-state index is 0.0478. The average Bonchev–Trinajstić information content (AvgIpc) is 2.90. The van der Waals surface area contributed by atoms with Crippen LogP contribution in [0.4, 0.5) is 15.3 Å². The van der Waals surface area contributed by atoms with Gasteiger partial charge in [-0.2, -0.15) is 0 Å². The third kappa shape index (κ3) is 4.32. The fourth-order valence-electron chi connectivity index (χ4n) is 3.38. The number of carboxylic acids is 1. The van der Waals surface area contributed by atoms with Crippen molar-refractivity contribution in [3.8, 4) is 0 Å². The Morgan fingerprint density at radius 2 is 1.81 bits per heavy atom. The minimum Gasteiger partial charge on any atom is -0.481 e. The maximum absolute atomic E-state index is 12.7.